The van der Waals surface area contributed by atoms with E-state index in [1.54, 1.807) is 18.3 Å². The van der Waals surface area contributed by atoms with Gasteiger partial charge in [-0.25, -0.2) is 13.2 Å². The van der Waals surface area contributed by atoms with E-state index in [2.05, 4.69) is 10.2 Å². The molecule has 0 saturated heterocycles. The third-order valence-corrected chi connectivity index (χ3v) is 4.88. The second-order valence-corrected chi connectivity index (χ2v) is 6.79. The van der Waals surface area contributed by atoms with E-state index in [0.717, 1.165) is 29.7 Å². The van der Waals surface area contributed by atoms with Crippen molar-refractivity contribution in [2.75, 3.05) is 0 Å². The van der Waals surface area contributed by atoms with Gasteiger partial charge in [-0.2, -0.15) is 10.2 Å². The lowest BCUT2D eigenvalue weighted by Crippen LogP contribution is -1.98. The fourth-order valence-electron chi connectivity index (χ4n) is 3.44. The van der Waals surface area contributed by atoms with Crippen LogP contribution in [0.15, 0.2) is 54.7 Å². The van der Waals surface area contributed by atoms with Crippen LogP contribution in [0.3, 0.4) is 0 Å². The van der Waals surface area contributed by atoms with Crippen molar-refractivity contribution in [3.8, 4) is 22.5 Å². The molecule has 0 radical (unpaired) electrons. The first-order valence-electron chi connectivity index (χ1n) is 8.69. The van der Waals surface area contributed by atoms with Crippen molar-refractivity contribution >= 4 is 10.9 Å². The molecule has 1 aliphatic rings. The first kappa shape index (κ1) is 16.1. The number of benzene rings is 2. The Morgan fingerprint density at radius 3 is 2.33 bits per heavy atom. The summed E-state index contributed by atoms with van der Waals surface area (Å²) in [5.41, 5.74) is 3.67. The van der Waals surface area contributed by atoms with E-state index in [1.165, 1.54) is 24.3 Å². The maximum atomic E-state index is 13.8. The van der Waals surface area contributed by atoms with E-state index >= 15 is 0 Å². The van der Waals surface area contributed by atoms with Gasteiger partial charge >= 0.3 is 0 Å². The Balaban J connectivity index is 1.68. The Hall–Kier alpha value is -3.15. The third kappa shape index (κ3) is 2.77. The van der Waals surface area contributed by atoms with Gasteiger partial charge in [0.25, 0.3) is 0 Å². The van der Waals surface area contributed by atoms with E-state index in [4.69, 9.17) is 0 Å². The van der Waals surface area contributed by atoms with Gasteiger partial charge in [0.05, 0.1) is 23.1 Å². The molecule has 2 aromatic carbocycles. The van der Waals surface area contributed by atoms with Crippen LogP contribution in [0.2, 0.25) is 0 Å². The quantitative estimate of drug-likeness (QED) is 0.479. The van der Waals surface area contributed by atoms with Crippen molar-refractivity contribution < 1.29 is 13.2 Å². The van der Waals surface area contributed by atoms with E-state index in [-0.39, 0.29) is 11.9 Å². The van der Waals surface area contributed by atoms with Crippen molar-refractivity contribution in [2.45, 2.75) is 18.9 Å². The van der Waals surface area contributed by atoms with Crippen LogP contribution in [0, 0.1) is 17.5 Å². The topological polar surface area (TPSA) is 30.7 Å². The molecule has 0 atom stereocenters. The van der Waals surface area contributed by atoms with Gasteiger partial charge in [-0.1, -0.05) is 0 Å². The number of halogens is 3. The number of nitrogens with zero attached hydrogens (tertiary/aromatic N) is 3. The first-order valence-corrected chi connectivity index (χ1v) is 8.69. The van der Waals surface area contributed by atoms with Gasteiger partial charge in [0.1, 0.15) is 5.82 Å². The third-order valence-electron chi connectivity index (χ3n) is 4.88. The molecule has 5 rings (SSSR count). The fraction of sp³-hybridized carbons (Fsp3) is 0.143. The average Bonchev–Trinajstić information content (AvgIpc) is 3.45. The molecule has 6 heteroatoms. The maximum Gasteiger partial charge on any atom is 0.160 e. The first-order chi connectivity index (χ1) is 13.1. The van der Waals surface area contributed by atoms with Crippen LogP contribution in [0.5, 0.6) is 0 Å². The Morgan fingerprint density at radius 1 is 0.852 bits per heavy atom. The minimum absolute atomic E-state index is 0.268. The van der Waals surface area contributed by atoms with Crippen LogP contribution >= 0.6 is 0 Å². The normalized spacial score (nSPS) is 14.0. The van der Waals surface area contributed by atoms with Crippen molar-refractivity contribution in [1.29, 1.82) is 0 Å². The van der Waals surface area contributed by atoms with Crippen LogP contribution < -0.4 is 0 Å². The van der Waals surface area contributed by atoms with Crippen LogP contribution in [0.1, 0.15) is 18.9 Å². The van der Waals surface area contributed by atoms with E-state index in [9.17, 15) is 13.2 Å². The minimum Gasteiger partial charge on any atom is -0.337 e. The summed E-state index contributed by atoms with van der Waals surface area (Å²) in [4.78, 5) is 0. The lowest BCUT2D eigenvalue weighted by atomic mass is 10.1. The second-order valence-electron chi connectivity index (χ2n) is 6.79. The summed E-state index contributed by atoms with van der Waals surface area (Å²) in [5, 5.41) is 8.87. The zero-order valence-corrected chi connectivity index (χ0v) is 14.2. The van der Waals surface area contributed by atoms with Gasteiger partial charge in [-0.15, -0.1) is 0 Å². The van der Waals surface area contributed by atoms with Gasteiger partial charge in [0.2, 0.25) is 0 Å². The Morgan fingerprint density at radius 2 is 1.59 bits per heavy atom. The summed E-state index contributed by atoms with van der Waals surface area (Å²) in [6, 6.07) is 12.5. The van der Waals surface area contributed by atoms with Crippen molar-refractivity contribution in [3.05, 3.63) is 72.2 Å². The van der Waals surface area contributed by atoms with E-state index in [1.807, 2.05) is 16.7 Å². The van der Waals surface area contributed by atoms with E-state index < -0.39 is 11.6 Å². The van der Waals surface area contributed by atoms with Crippen LogP contribution in [-0.2, 0) is 0 Å². The van der Waals surface area contributed by atoms with Crippen molar-refractivity contribution in [3.63, 3.8) is 0 Å². The molecule has 2 aromatic heterocycles. The molecule has 134 valence electrons. The van der Waals surface area contributed by atoms with Gasteiger partial charge in [0, 0.05) is 28.6 Å². The lowest BCUT2D eigenvalue weighted by Gasteiger charge is -2.10. The molecule has 0 amide bonds. The predicted molar refractivity (Wildman–Crippen MR) is 96.5 cm³/mol. The lowest BCUT2D eigenvalue weighted by molar-refractivity contribution is 0.510. The summed E-state index contributed by atoms with van der Waals surface area (Å²) >= 11 is 0. The SMILES string of the molecule is Fc1ccc(-c2cc(-c3cc4cc(F)c(F)cc4n3C3CC3)cnn2)cc1. The minimum atomic E-state index is -0.859. The smallest absolute Gasteiger partial charge is 0.160 e. The van der Waals surface area contributed by atoms with Gasteiger partial charge in [-0.3, -0.25) is 0 Å². The Labute approximate surface area is 153 Å². The summed E-state index contributed by atoms with van der Waals surface area (Å²) in [6.07, 6.45) is 3.63. The van der Waals surface area contributed by atoms with Gasteiger partial charge in [-0.05, 0) is 55.3 Å². The summed E-state index contributed by atoms with van der Waals surface area (Å²) in [6.45, 7) is 0. The molecule has 1 saturated carbocycles. The van der Waals surface area contributed by atoms with E-state index in [0.29, 0.717) is 16.6 Å². The molecule has 0 aliphatic heterocycles. The fourth-order valence-corrected chi connectivity index (χ4v) is 3.44. The average molecular weight is 365 g/mol. The largest absolute Gasteiger partial charge is 0.337 e. The molecule has 4 aromatic rings. The van der Waals surface area contributed by atoms with Gasteiger partial charge < -0.3 is 4.57 Å². The maximum absolute atomic E-state index is 13.8. The number of hydrogen-bond acceptors (Lipinski definition) is 2. The van der Waals surface area contributed by atoms with Crippen LogP contribution in [0.25, 0.3) is 33.4 Å². The van der Waals surface area contributed by atoms with Crippen LogP contribution in [0.4, 0.5) is 13.2 Å². The molecule has 1 aliphatic carbocycles. The molecule has 0 N–H and O–H groups in total. The number of aromatic nitrogens is 3. The molecular formula is C21H14F3N3. The van der Waals surface area contributed by atoms with Crippen molar-refractivity contribution in [1.82, 2.24) is 14.8 Å². The number of fused-ring (bicyclic) bond motifs is 1. The highest BCUT2D eigenvalue weighted by Crippen LogP contribution is 2.43. The highest BCUT2D eigenvalue weighted by atomic mass is 19.2. The summed E-state index contributed by atoms with van der Waals surface area (Å²) < 4.78 is 42.7. The van der Waals surface area contributed by atoms with Crippen molar-refractivity contribution in [2.24, 2.45) is 0 Å². The predicted octanol–water partition coefficient (Wildman–Crippen LogP) is 5.52. The number of rotatable bonds is 3. The zero-order chi connectivity index (χ0) is 18.5. The zero-order valence-electron chi connectivity index (χ0n) is 14.2. The molecule has 0 bridgehead atoms. The molecule has 0 unspecified atom stereocenters. The molecule has 2 heterocycles. The summed E-state index contributed by atoms with van der Waals surface area (Å²) in [5.74, 6) is -2.03. The standard InChI is InChI=1S/C21H14F3N3/c22-15-3-1-12(2-4-15)19-8-14(11-25-26-19)20-9-13-7-17(23)18(24)10-21(13)27(20)16-5-6-16/h1-4,7-11,16H,5-6H2. The Kier molecular flexibility index (Phi) is 3.53. The molecule has 3 nitrogen and oxygen atoms in total. The highest BCUT2D eigenvalue weighted by Gasteiger charge is 2.28. The molecule has 0 spiro atoms. The Bertz CT molecular complexity index is 1160. The molecule has 1 fully saturated rings. The highest BCUT2D eigenvalue weighted by molar-refractivity contribution is 5.88. The number of hydrogen-bond donors (Lipinski definition) is 0. The second kappa shape index (κ2) is 5.94. The monoisotopic (exact) mass is 365 g/mol. The van der Waals surface area contributed by atoms with Crippen LogP contribution in [-0.4, -0.2) is 14.8 Å². The molecule has 27 heavy (non-hydrogen) atoms. The summed E-state index contributed by atoms with van der Waals surface area (Å²) in [7, 11) is 0. The van der Waals surface area contributed by atoms with Gasteiger partial charge in [0.15, 0.2) is 11.6 Å². The molecular weight excluding hydrogens is 351 g/mol.